The van der Waals surface area contributed by atoms with E-state index < -0.39 is 17.7 Å². The van der Waals surface area contributed by atoms with Gasteiger partial charge in [0, 0.05) is 6.42 Å². The molecule has 0 atom stereocenters. The summed E-state index contributed by atoms with van der Waals surface area (Å²) in [5.41, 5.74) is 6.89. The van der Waals surface area contributed by atoms with E-state index >= 15 is 0 Å². The average molecular weight is 310 g/mol. The van der Waals surface area contributed by atoms with Crippen LogP contribution in [0, 0.1) is 19.8 Å². The van der Waals surface area contributed by atoms with Crippen molar-refractivity contribution in [3.63, 3.8) is 0 Å². The summed E-state index contributed by atoms with van der Waals surface area (Å²) >= 11 is 6.11. The molecule has 21 heavy (non-hydrogen) atoms. The summed E-state index contributed by atoms with van der Waals surface area (Å²) in [4.78, 5) is 34.6. The molecule has 0 bridgehead atoms. The summed E-state index contributed by atoms with van der Waals surface area (Å²) in [6.07, 6.45) is 0.223. The first kappa shape index (κ1) is 15.3. The Kier molecular flexibility index (Phi) is 4.47. The van der Waals surface area contributed by atoms with E-state index in [1.165, 1.54) is 0 Å². The summed E-state index contributed by atoms with van der Waals surface area (Å²) < 4.78 is 0. The van der Waals surface area contributed by atoms with Crippen molar-refractivity contribution >= 4 is 35.0 Å². The summed E-state index contributed by atoms with van der Waals surface area (Å²) in [5.74, 6) is -1.91. The van der Waals surface area contributed by atoms with Gasteiger partial charge >= 0.3 is 0 Å². The van der Waals surface area contributed by atoms with Gasteiger partial charge in [0.25, 0.3) is 11.8 Å². The van der Waals surface area contributed by atoms with Gasteiger partial charge in [0.2, 0.25) is 5.91 Å². The number of hydrazine groups is 1. The molecule has 2 rings (SSSR count). The number of carbonyl (C=O) groups is 3. The number of hydrogen-bond acceptors (Lipinski definition) is 3. The van der Waals surface area contributed by atoms with Gasteiger partial charge in [-0.05, 0) is 37.5 Å². The van der Waals surface area contributed by atoms with Gasteiger partial charge in [-0.25, -0.2) is 0 Å². The summed E-state index contributed by atoms with van der Waals surface area (Å²) in [6, 6.07) is 3.68. The minimum Gasteiger partial charge on any atom is -0.325 e. The average Bonchev–Trinajstić information content (AvgIpc) is 2.71. The fourth-order valence-corrected chi connectivity index (χ4v) is 2.60. The van der Waals surface area contributed by atoms with Crippen LogP contribution in [0.3, 0.4) is 0 Å². The standard InChI is InChI=1S/C14H16ClN3O3/c1-7-5-8(2)12(10(15)6-7)16-11(19)4-3-9-13(20)17-18-14(9)21/h5-6,9H,3-4H2,1-2H3,(H,16,19)(H,17,20)(H,18,21). The highest BCUT2D eigenvalue weighted by Gasteiger charge is 2.32. The molecule has 0 aliphatic carbocycles. The van der Waals surface area contributed by atoms with E-state index in [9.17, 15) is 14.4 Å². The van der Waals surface area contributed by atoms with Gasteiger partial charge in [0.05, 0.1) is 10.7 Å². The van der Waals surface area contributed by atoms with Crippen molar-refractivity contribution in [2.24, 2.45) is 5.92 Å². The van der Waals surface area contributed by atoms with E-state index in [0.29, 0.717) is 10.7 Å². The van der Waals surface area contributed by atoms with Crippen LogP contribution in [0.2, 0.25) is 5.02 Å². The maximum atomic E-state index is 11.9. The highest BCUT2D eigenvalue weighted by atomic mass is 35.5. The second-order valence-corrected chi connectivity index (χ2v) is 5.46. The van der Waals surface area contributed by atoms with Gasteiger partial charge in [-0.15, -0.1) is 0 Å². The van der Waals surface area contributed by atoms with E-state index in [-0.39, 0.29) is 18.7 Å². The van der Waals surface area contributed by atoms with Crippen LogP contribution in [0.1, 0.15) is 24.0 Å². The molecular formula is C14H16ClN3O3. The Balaban J connectivity index is 1.96. The number of hydrogen-bond donors (Lipinski definition) is 3. The van der Waals surface area contributed by atoms with Crippen LogP contribution in [0.25, 0.3) is 0 Å². The Labute approximate surface area is 127 Å². The fourth-order valence-electron chi connectivity index (χ4n) is 2.23. The largest absolute Gasteiger partial charge is 0.325 e. The van der Waals surface area contributed by atoms with Crippen molar-refractivity contribution in [2.45, 2.75) is 26.7 Å². The van der Waals surface area contributed by atoms with Crippen molar-refractivity contribution in [1.82, 2.24) is 10.9 Å². The van der Waals surface area contributed by atoms with E-state index in [4.69, 9.17) is 11.6 Å². The fraction of sp³-hybridized carbons (Fsp3) is 0.357. The predicted molar refractivity (Wildman–Crippen MR) is 78.6 cm³/mol. The monoisotopic (exact) mass is 309 g/mol. The smallest absolute Gasteiger partial charge is 0.251 e. The lowest BCUT2D eigenvalue weighted by molar-refractivity contribution is -0.128. The van der Waals surface area contributed by atoms with Gasteiger partial charge in [0.1, 0.15) is 5.92 Å². The number of anilines is 1. The van der Waals surface area contributed by atoms with Gasteiger partial charge in [-0.3, -0.25) is 25.2 Å². The minimum absolute atomic E-state index is 0.0646. The van der Waals surface area contributed by atoms with Crippen LogP contribution in [-0.2, 0) is 14.4 Å². The SMILES string of the molecule is Cc1cc(C)c(NC(=O)CCC2C(=O)NNC2=O)c(Cl)c1. The summed E-state index contributed by atoms with van der Waals surface area (Å²) in [6.45, 7) is 3.77. The van der Waals surface area contributed by atoms with Crippen molar-refractivity contribution in [3.8, 4) is 0 Å². The summed E-state index contributed by atoms with van der Waals surface area (Å²) in [7, 11) is 0. The third kappa shape index (κ3) is 3.52. The molecule has 1 heterocycles. The highest BCUT2D eigenvalue weighted by molar-refractivity contribution is 6.34. The first-order chi connectivity index (χ1) is 9.88. The molecule has 1 saturated heterocycles. The van der Waals surface area contributed by atoms with Crippen LogP contribution >= 0.6 is 11.6 Å². The van der Waals surface area contributed by atoms with Crippen LogP contribution in [0.5, 0.6) is 0 Å². The van der Waals surface area contributed by atoms with Gasteiger partial charge < -0.3 is 5.32 Å². The second-order valence-electron chi connectivity index (χ2n) is 5.06. The first-order valence-corrected chi connectivity index (χ1v) is 6.92. The lowest BCUT2D eigenvalue weighted by atomic mass is 10.0. The molecule has 112 valence electrons. The molecule has 1 fully saturated rings. The van der Waals surface area contributed by atoms with Gasteiger partial charge in [-0.2, -0.15) is 0 Å². The molecule has 3 N–H and O–H groups in total. The molecule has 1 aliphatic rings. The van der Waals surface area contributed by atoms with Crippen LogP contribution in [-0.4, -0.2) is 17.7 Å². The Morgan fingerprint density at radius 1 is 1.24 bits per heavy atom. The normalized spacial score (nSPS) is 14.8. The zero-order chi connectivity index (χ0) is 15.6. The van der Waals surface area contributed by atoms with E-state index in [1.807, 2.05) is 19.9 Å². The maximum absolute atomic E-state index is 11.9. The number of rotatable bonds is 4. The topological polar surface area (TPSA) is 87.3 Å². The molecule has 0 radical (unpaired) electrons. The molecule has 7 heteroatoms. The van der Waals surface area contributed by atoms with Crippen molar-refractivity contribution in [3.05, 3.63) is 28.3 Å². The van der Waals surface area contributed by atoms with Crippen LogP contribution < -0.4 is 16.2 Å². The second kappa shape index (κ2) is 6.13. The molecule has 1 aliphatic heterocycles. The molecular weight excluding hydrogens is 294 g/mol. The zero-order valence-electron chi connectivity index (χ0n) is 11.7. The van der Waals surface area contributed by atoms with Crippen molar-refractivity contribution in [1.29, 1.82) is 0 Å². The number of nitrogens with one attached hydrogen (secondary N) is 3. The van der Waals surface area contributed by atoms with Gasteiger partial charge in [-0.1, -0.05) is 17.7 Å². The van der Waals surface area contributed by atoms with Crippen molar-refractivity contribution in [2.75, 3.05) is 5.32 Å². The Bertz CT molecular complexity index is 576. The maximum Gasteiger partial charge on any atom is 0.251 e. The Morgan fingerprint density at radius 2 is 1.86 bits per heavy atom. The lowest BCUT2D eigenvalue weighted by Crippen LogP contribution is -2.28. The van der Waals surface area contributed by atoms with Crippen LogP contribution in [0.4, 0.5) is 5.69 Å². The van der Waals surface area contributed by atoms with E-state index in [1.54, 1.807) is 6.07 Å². The number of amides is 3. The minimum atomic E-state index is -0.815. The lowest BCUT2D eigenvalue weighted by Gasteiger charge is -2.12. The zero-order valence-corrected chi connectivity index (χ0v) is 12.5. The molecule has 3 amide bonds. The molecule has 1 aromatic carbocycles. The molecule has 1 aromatic rings. The highest BCUT2D eigenvalue weighted by Crippen LogP contribution is 2.27. The number of benzene rings is 1. The van der Waals surface area contributed by atoms with Crippen molar-refractivity contribution < 1.29 is 14.4 Å². The number of halogens is 1. The number of aryl methyl sites for hydroxylation is 2. The molecule has 0 saturated carbocycles. The Morgan fingerprint density at radius 3 is 2.43 bits per heavy atom. The third-order valence-electron chi connectivity index (χ3n) is 3.30. The number of carbonyl (C=O) groups excluding carboxylic acids is 3. The molecule has 6 nitrogen and oxygen atoms in total. The predicted octanol–water partition coefficient (Wildman–Crippen LogP) is 1.45. The quantitative estimate of drug-likeness (QED) is 0.736. The third-order valence-corrected chi connectivity index (χ3v) is 3.60. The molecule has 0 aromatic heterocycles. The first-order valence-electron chi connectivity index (χ1n) is 6.55. The van der Waals surface area contributed by atoms with E-state index in [2.05, 4.69) is 16.2 Å². The van der Waals surface area contributed by atoms with Crippen LogP contribution in [0.15, 0.2) is 12.1 Å². The molecule has 0 unspecified atom stereocenters. The Hall–Kier alpha value is -2.08. The van der Waals surface area contributed by atoms with Gasteiger partial charge in [0.15, 0.2) is 0 Å². The molecule has 0 spiro atoms. The van der Waals surface area contributed by atoms with E-state index in [0.717, 1.165) is 11.1 Å². The summed E-state index contributed by atoms with van der Waals surface area (Å²) in [5, 5.41) is 3.19.